The van der Waals surface area contributed by atoms with Crippen molar-refractivity contribution < 1.29 is 4.79 Å². The van der Waals surface area contributed by atoms with Gasteiger partial charge in [0.2, 0.25) is 5.91 Å². The van der Waals surface area contributed by atoms with Gasteiger partial charge in [0.05, 0.1) is 0 Å². The highest BCUT2D eigenvalue weighted by molar-refractivity contribution is 5.88. The van der Waals surface area contributed by atoms with E-state index in [0.29, 0.717) is 0 Å². The Labute approximate surface area is 74.3 Å². The Kier molecular flexibility index (Phi) is 5.81. The number of allylic oxidation sites excluding steroid dienone is 1. The summed E-state index contributed by atoms with van der Waals surface area (Å²) in [5.74, 6) is 5.42. The van der Waals surface area contributed by atoms with Crippen molar-refractivity contribution in [3.8, 4) is 11.8 Å². The lowest BCUT2D eigenvalue weighted by Crippen LogP contribution is -2.28. The number of carbonyl (C=O) groups excluding carboxylic acids is 1. The summed E-state index contributed by atoms with van der Waals surface area (Å²) in [6.07, 6.45) is 3.09. The summed E-state index contributed by atoms with van der Waals surface area (Å²) in [7, 11) is 0. The van der Waals surface area contributed by atoms with Gasteiger partial charge in [0.1, 0.15) is 0 Å². The molecule has 0 aliphatic heterocycles. The Morgan fingerprint density at radius 1 is 1.42 bits per heavy atom. The Bertz CT molecular complexity index is 216. The van der Waals surface area contributed by atoms with E-state index in [1.807, 2.05) is 13.8 Å². The van der Waals surface area contributed by atoms with Crippen LogP contribution in [0.5, 0.6) is 0 Å². The molecule has 0 aliphatic rings. The number of hydrogen-bond donors (Lipinski definition) is 0. The molecule has 0 aromatic heterocycles. The van der Waals surface area contributed by atoms with Gasteiger partial charge in [0, 0.05) is 19.2 Å². The molecule has 0 aromatic rings. The SMILES string of the molecule is CC#C/C=C/C(=O)N(CC)CC. The van der Waals surface area contributed by atoms with Gasteiger partial charge in [-0.1, -0.05) is 5.92 Å². The van der Waals surface area contributed by atoms with Crippen LogP contribution < -0.4 is 0 Å². The fraction of sp³-hybridized carbons (Fsp3) is 0.500. The van der Waals surface area contributed by atoms with Crippen LogP contribution in [-0.4, -0.2) is 23.9 Å². The highest BCUT2D eigenvalue weighted by Gasteiger charge is 2.03. The standard InChI is InChI=1S/C10H15NO/c1-4-7-8-9-10(12)11(5-2)6-3/h8-9H,5-6H2,1-3H3/b9-8+. The van der Waals surface area contributed by atoms with Crippen molar-refractivity contribution in [1.82, 2.24) is 4.90 Å². The first-order chi connectivity index (χ1) is 5.76. The van der Waals surface area contributed by atoms with E-state index < -0.39 is 0 Å². The predicted molar refractivity (Wildman–Crippen MR) is 50.5 cm³/mol. The summed E-state index contributed by atoms with van der Waals surface area (Å²) in [5.41, 5.74) is 0. The maximum atomic E-state index is 11.3. The summed E-state index contributed by atoms with van der Waals surface area (Å²) < 4.78 is 0. The summed E-state index contributed by atoms with van der Waals surface area (Å²) in [4.78, 5) is 13.0. The van der Waals surface area contributed by atoms with Crippen LogP contribution in [-0.2, 0) is 4.79 Å². The minimum absolute atomic E-state index is 0.0303. The maximum Gasteiger partial charge on any atom is 0.247 e. The third-order valence-electron chi connectivity index (χ3n) is 1.53. The second-order valence-corrected chi connectivity index (χ2v) is 2.24. The molecule has 0 radical (unpaired) electrons. The summed E-state index contributed by atoms with van der Waals surface area (Å²) in [6, 6.07) is 0. The quantitative estimate of drug-likeness (QED) is 0.457. The number of nitrogens with zero attached hydrogens (tertiary/aromatic N) is 1. The molecule has 0 atom stereocenters. The number of hydrogen-bond acceptors (Lipinski definition) is 1. The second kappa shape index (κ2) is 6.48. The van der Waals surface area contributed by atoms with Crippen molar-refractivity contribution in [1.29, 1.82) is 0 Å². The van der Waals surface area contributed by atoms with Crippen molar-refractivity contribution in [3.05, 3.63) is 12.2 Å². The van der Waals surface area contributed by atoms with Gasteiger partial charge in [-0.15, -0.1) is 5.92 Å². The van der Waals surface area contributed by atoms with Crippen LogP contribution in [0.1, 0.15) is 20.8 Å². The van der Waals surface area contributed by atoms with Gasteiger partial charge in [-0.3, -0.25) is 4.79 Å². The lowest BCUT2D eigenvalue weighted by molar-refractivity contribution is -0.125. The minimum Gasteiger partial charge on any atom is -0.340 e. The van der Waals surface area contributed by atoms with Crippen molar-refractivity contribution in [2.24, 2.45) is 0 Å². The molecule has 0 fully saturated rings. The zero-order chi connectivity index (χ0) is 9.40. The fourth-order valence-corrected chi connectivity index (χ4v) is 0.837. The lowest BCUT2D eigenvalue weighted by Gasteiger charge is -2.15. The van der Waals surface area contributed by atoms with E-state index in [1.54, 1.807) is 17.9 Å². The van der Waals surface area contributed by atoms with E-state index in [9.17, 15) is 4.79 Å². The third kappa shape index (κ3) is 3.82. The molecule has 0 heterocycles. The molecule has 66 valence electrons. The van der Waals surface area contributed by atoms with E-state index in [0.717, 1.165) is 13.1 Å². The summed E-state index contributed by atoms with van der Waals surface area (Å²) >= 11 is 0. The molecule has 2 nitrogen and oxygen atoms in total. The lowest BCUT2D eigenvalue weighted by atomic mass is 10.4. The first-order valence-electron chi connectivity index (χ1n) is 4.14. The maximum absolute atomic E-state index is 11.3. The molecule has 0 aromatic carbocycles. The van der Waals surface area contributed by atoms with Gasteiger partial charge in [-0.05, 0) is 26.8 Å². The smallest absolute Gasteiger partial charge is 0.247 e. The first kappa shape index (κ1) is 10.8. The molecule has 0 aliphatic carbocycles. The van der Waals surface area contributed by atoms with Gasteiger partial charge < -0.3 is 4.90 Å². The van der Waals surface area contributed by atoms with Crippen molar-refractivity contribution in [2.45, 2.75) is 20.8 Å². The number of amides is 1. The zero-order valence-corrected chi connectivity index (χ0v) is 7.92. The Morgan fingerprint density at radius 3 is 2.42 bits per heavy atom. The van der Waals surface area contributed by atoms with E-state index in [2.05, 4.69) is 11.8 Å². The van der Waals surface area contributed by atoms with Gasteiger partial charge >= 0.3 is 0 Å². The molecule has 1 amide bonds. The van der Waals surface area contributed by atoms with Crippen LogP contribution in [0.4, 0.5) is 0 Å². The molecule has 0 saturated heterocycles. The normalized spacial score (nSPS) is 9.25. The third-order valence-corrected chi connectivity index (χ3v) is 1.53. The summed E-state index contributed by atoms with van der Waals surface area (Å²) in [6.45, 7) is 7.16. The Hall–Kier alpha value is -1.23. The average Bonchev–Trinajstić information content (AvgIpc) is 2.07. The summed E-state index contributed by atoms with van der Waals surface area (Å²) in [5, 5.41) is 0. The van der Waals surface area contributed by atoms with Crippen LogP contribution in [0, 0.1) is 11.8 Å². The number of likely N-dealkylation sites (N-methyl/N-ethyl adjacent to an activating group) is 1. The van der Waals surface area contributed by atoms with E-state index in [1.165, 1.54) is 6.08 Å². The molecule has 0 saturated carbocycles. The average molecular weight is 165 g/mol. The van der Waals surface area contributed by atoms with Crippen LogP contribution >= 0.6 is 0 Å². The van der Waals surface area contributed by atoms with Gasteiger partial charge in [-0.2, -0.15) is 0 Å². The van der Waals surface area contributed by atoms with Gasteiger partial charge in [0.25, 0.3) is 0 Å². The highest BCUT2D eigenvalue weighted by atomic mass is 16.2. The fourth-order valence-electron chi connectivity index (χ4n) is 0.837. The second-order valence-electron chi connectivity index (χ2n) is 2.24. The van der Waals surface area contributed by atoms with Gasteiger partial charge in [0.15, 0.2) is 0 Å². The number of rotatable bonds is 3. The monoisotopic (exact) mass is 165 g/mol. The molecule has 0 N–H and O–H groups in total. The first-order valence-corrected chi connectivity index (χ1v) is 4.14. The van der Waals surface area contributed by atoms with Crippen molar-refractivity contribution >= 4 is 5.91 Å². The van der Waals surface area contributed by atoms with E-state index in [4.69, 9.17) is 0 Å². The molecule has 2 heteroatoms. The highest BCUT2D eigenvalue weighted by Crippen LogP contribution is 1.89. The Morgan fingerprint density at radius 2 is 2.00 bits per heavy atom. The minimum atomic E-state index is 0.0303. The van der Waals surface area contributed by atoms with Crippen LogP contribution in [0.3, 0.4) is 0 Å². The number of carbonyl (C=O) groups is 1. The largest absolute Gasteiger partial charge is 0.340 e. The molecule has 0 bridgehead atoms. The van der Waals surface area contributed by atoms with Crippen molar-refractivity contribution in [2.75, 3.05) is 13.1 Å². The molecule has 0 rings (SSSR count). The van der Waals surface area contributed by atoms with Crippen molar-refractivity contribution in [3.63, 3.8) is 0 Å². The zero-order valence-electron chi connectivity index (χ0n) is 7.92. The molecule has 12 heavy (non-hydrogen) atoms. The van der Waals surface area contributed by atoms with Gasteiger partial charge in [-0.25, -0.2) is 0 Å². The molecular formula is C10H15NO. The predicted octanol–water partition coefficient (Wildman–Crippen LogP) is 1.43. The van der Waals surface area contributed by atoms with Crippen LogP contribution in [0.25, 0.3) is 0 Å². The molecular weight excluding hydrogens is 150 g/mol. The van der Waals surface area contributed by atoms with E-state index in [-0.39, 0.29) is 5.91 Å². The molecule has 0 unspecified atom stereocenters. The van der Waals surface area contributed by atoms with Crippen LogP contribution in [0.15, 0.2) is 12.2 Å². The Balaban J connectivity index is 4.06. The van der Waals surface area contributed by atoms with E-state index >= 15 is 0 Å². The topological polar surface area (TPSA) is 20.3 Å². The molecule has 0 spiro atoms. The van der Waals surface area contributed by atoms with Crippen LogP contribution in [0.2, 0.25) is 0 Å².